The van der Waals surface area contributed by atoms with Crippen molar-refractivity contribution in [1.29, 1.82) is 0 Å². The SMILES string of the molecule is CC(C)(C[N]=[W]=[O])c1ccccc1. The molecule has 1 aromatic carbocycles. The van der Waals surface area contributed by atoms with Crippen LogP contribution in [0.5, 0.6) is 0 Å². The molecule has 0 saturated heterocycles. The maximum atomic E-state index is 10.4. The van der Waals surface area contributed by atoms with Gasteiger partial charge in [-0.3, -0.25) is 0 Å². The van der Waals surface area contributed by atoms with Crippen LogP contribution in [0.25, 0.3) is 0 Å². The van der Waals surface area contributed by atoms with Crippen molar-refractivity contribution in [2.75, 3.05) is 6.54 Å². The molecule has 0 aliphatic carbocycles. The fourth-order valence-electron chi connectivity index (χ4n) is 1.17. The summed E-state index contributed by atoms with van der Waals surface area (Å²) in [6, 6.07) is 10.2. The van der Waals surface area contributed by atoms with Crippen molar-refractivity contribution < 1.29 is 21.7 Å². The Labute approximate surface area is 87.1 Å². The zero-order chi connectivity index (χ0) is 9.73. The van der Waals surface area contributed by atoms with Gasteiger partial charge in [0.2, 0.25) is 0 Å². The van der Waals surface area contributed by atoms with Crippen LogP contribution in [0.15, 0.2) is 33.8 Å². The van der Waals surface area contributed by atoms with Crippen LogP contribution in [0, 0.1) is 0 Å². The van der Waals surface area contributed by atoms with Crippen molar-refractivity contribution in [3.63, 3.8) is 0 Å². The second-order valence-electron chi connectivity index (χ2n) is 3.61. The molecule has 0 atom stereocenters. The van der Waals surface area contributed by atoms with Crippen LogP contribution in [0.2, 0.25) is 0 Å². The van der Waals surface area contributed by atoms with Crippen LogP contribution in [0.4, 0.5) is 0 Å². The molecule has 2 nitrogen and oxygen atoms in total. The molecule has 0 unspecified atom stereocenters. The molecule has 0 amide bonds. The molecule has 0 aliphatic heterocycles. The molecule has 70 valence electrons. The van der Waals surface area contributed by atoms with E-state index in [0.29, 0.717) is 6.54 Å². The van der Waals surface area contributed by atoms with Crippen LogP contribution < -0.4 is 0 Å². The molecule has 3 heteroatoms. The van der Waals surface area contributed by atoms with E-state index < -0.39 is 18.3 Å². The molecule has 0 N–H and O–H groups in total. The predicted molar refractivity (Wildman–Crippen MR) is 47.4 cm³/mol. The summed E-state index contributed by atoms with van der Waals surface area (Å²) in [6.45, 7) is 4.92. The van der Waals surface area contributed by atoms with Gasteiger partial charge in [0.05, 0.1) is 0 Å². The van der Waals surface area contributed by atoms with Crippen molar-refractivity contribution in [2.24, 2.45) is 3.50 Å². The number of nitrogens with zero attached hydrogens (tertiary/aromatic N) is 1. The van der Waals surface area contributed by atoms with E-state index in [0.717, 1.165) is 0 Å². The average Bonchev–Trinajstić information content (AvgIpc) is 2.16. The minimum atomic E-state index is -1.61. The Bertz CT molecular complexity index is 315. The zero-order valence-electron chi connectivity index (χ0n) is 7.86. The third kappa shape index (κ3) is 3.04. The predicted octanol–water partition coefficient (Wildman–Crippen LogP) is 2.58. The molecule has 1 rings (SSSR count). The van der Waals surface area contributed by atoms with E-state index in [-0.39, 0.29) is 5.41 Å². The van der Waals surface area contributed by atoms with Gasteiger partial charge in [-0.15, -0.1) is 0 Å². The van der Waals surface area contributed by atoms with E-state index in [4.69, 9.17) is 0 Å². The molecule has 0 fully saturated rings. The minimum absolute atomic E-state index is 0.0195. The fraction of sp³-hybridized carbons (Fsp3) is 0.400. The van der Waals surface area contributed by atoms with E-state index in [1.165, 1.54) is 5.56 Å². The van der Waals surface area contributed by atoms with Crippen molar-refractivity contribution in [3.05, 3.63) is 35.9 Å². The third-order valence-corrected chi connectivity index (χ3v) is 2.91. The summed E-state index contributed by atoms with van der Waals surface area (Å²) < 4.78 is 14.4. The topological polar surface area (TPSA) is 29.4 Å². The first kappa shape index (κ1) is 10.6. The molecule has 0 radical (unpaired) electrons. The molecule has 0 heterocycles. The van der Waals surface area contributed by atoms with Gasteiger partial charge in [0, 0.05) is 0 Å². The first-order chi connectivity index (χ1) is 6.17. The Morgan fingerprint density at radius 1 is 1.31 bits per heavy atom. The molecule has 0 spiro atoms. The van der Waals surface area contributed by atoms with E-state index in [1.54, 1.807) is 0 Å². The molecular formula is C10H13NOW. The summed E-state index contributed by atoms with van der Waals surface area (Å²) in [6.07, 6.45) is 0. The molecule has 13 heavy (non-hydrogen) atoms. The third-order valence-electron chi connectivity index (χ3n) is 2.07. The monoisotopic (exact) mass is 347 g/mol. The summed E-state index contributed by atoms with van der Waals surface area (Å²) in [7, 11) is 0. The van der Waals surface area contributed by atoms with Crippen LogP contribution >= 0.6 is 0 Å². The molecule has 0 aromatic heterocycles. The first-order valence-electron chi connectivity index (χ1n) is 4.18. The van der Waals surface area contributed by atoms with Crippen molar-refractivity contribution in [1.82, 2.24) is 0 Å². The van der Waals surface area contributed by atoms with Crippen LogP contribution in [0.1, 0.15) is 19.4 Å². The van der Waals surface area contributed by atoms with E-state index in [9.17, 15) is 3.40 Å². The number of rotatable bonds is 3. The molecule has 1 aromatic rings. The summed E-state index contributed by atoms with van der Waals surface area (Å²) in [5.41, 5.74) is 1.28. The Hall–Kier alpha value is -0.492. The summed E-state index contributed by atoms with van der Waals surface area (Å²) in [5, 5.41) is 0. The van der Waals surface area contributed by atoms with E-state index in [2.05, 4.69) is 29.5 Å². The van der Waals surface area contributed by atoms with Crippen LogP contribution in [-0.4, -0.2) is 6.54 Å². The number of benzene rings is 1. The molecule has 0 aliphatic rings. The van der Waals surface area contributed by atoms with Gasteiger partial charge < -0.3 is 0 Å². The average molecular weight is 347 g/mol. The van der Waals surface area contributed by atoms with Crippen molar-refractivity contribution in [3.8, 4) is 0 Å². The van der Waals surface area contributed by atoms with Gasteiger partial charge in [-0.2, -0.15) is 0 Å². The number of hydrogen-bond acceptors (Lipinski definition) is 2. The van der Waals surface area contributed by atoms with E-state index >= 15 is 0 Å². The maximum absolute atomic E-state index is 10.4. The second kappa shape index (κ2) is 4.66. The number of hydrogen-bond donors (Lipinski definition) is 0. The Kier molecular flexibility index (Phi) is 3.80. The standard InChI is InChI=1S/C10H13N.O.W/c1-10(2,8-11)9-6-4-3-5-7-9;;/h3-7H,8H2,1-2H3;;. The normalized spacial score (nSPS) is 10.9. The summed E-state index contributed by atoms with van der Waals surface area (Å²) in [5.74, 6) is 0. The zero-order valence-corrected chi connectivity index (χ0v) is 10.8. The van der Waals surface area contributed by atoms with Crippen molar-refractivity contribution in [2.45, 2.75) is 19.3 Å². The molecule has 0 saturated carbocycles. The molecule has 0 bridgehead atoms. The van der Waals surface area contributed by atoms with Crippen LogP contribution in [-0.2, 0) is 27.2 Å². The fourth-order valence-corrected chi connectivity index (χ4v) is 2.52. The van der Waals surface area contributed by atoms with Gasteiger partial charge in [0.15, 0.2) is 0 Å². The van der Waals surface area contributed by atoms with Gasteiger partial charge >= 0.3 is 86.9 Å². The van der Waals surface area contributed by atoms with Gasteiger partial charge in [-0.25, -0.2) is 0 Å². The van der Waals surface area contributed by atoms with Gasteiger partial charge in [-0.05, 0) is 0 Å². The Morgan fingerprint density at radius 3 is 2.46 bits per heavy atom. The Balaban J connectivity index is 2.87. The van der Waals surface area contributed by atoms with Gasteiger partial charge in [0.25, 0.3) is 0 Å². The van der Waals surface area contributed by atoms with Crippen molar-refractivity contribution >= 4 is 0 Å². The van der Waals surface area contributed by atoms with E-state index in [1.807, 2.05) is 18.2 Å². The summed E-state index contributed by atoms with van der Waals surface area (Å²) >= 11 is -1.61. The van der Waals surface area contributed by atoms with Gasteiger partial charge in [-0.1, -0.05) is 0 Å². The second-order valence-corrected chi connectivity index (χ2v) is 5.07. The molecular weight excluding hydrogens is 334 g/mol. The quantitative estimate of drug-likeness (QED) is 0.827. The first-order valence-corrected chi connectivity index (χ1v) is 6.69. The Morgan fingerprint density at radius 2 is 1.92 bits per heavy atom. The summed E-state index contributed by atoms with van der Waals surface area (Å²) in [4.78, 5) is 0. The van der Waals surface area contributed by atoms with Gasteiger partial charge in [0.1, 0.15) is 0 Å². The van der Waals surface area contributed by atoms with Crippen LogP contribution in [0.3, 0.4) is 0 Å².